The maximum Gasteiger partial charge on any atom is 0.241 e. The summed E-state index contributed by atoms with van der Waals surface area (Å²) < 4.78 is 12.8. The summed E-state index contributed by atoms with van der Waals surface area (Å²) in [5, 5.41) is 10.9. The van der Waals surface area contributed by atoms with Gasteiger partial charge in [0.05, 0.1) is 11.1 Å². The second-order valence-electron chi connectivity index (χ2n) is 2.97. The fourth-order valence-electron chi connectivity index (χ4n) is 0.883. The van der Waals surface area contributed by atoms with Crippen LogP contribution in [0, 0.1) is 23.1 Å². The Labute approximate surface area is 91.5 Å². The third-order valence-corrected chi connectivity index (χ3v) is 2.06. The van der Waals surface area contributed by atoms with Gasteiger partial charge in [-0.1, -0.05) is 11.6 Å². The van der Waals surface area contributed by atoms with Crippen molar-refractivity contribution in [2.24, 2.45) is 5.92 Å². The molecule has 0 aliphatic carbocycles. The maximum absolute atomic E-state index is 12.8. The van der Waals surface area contributed by atoms with Crippen LogP contribution in [-0.2, 0) is 4.79 Å². The maximum atomic E-state index is 12.8. The van der Waals surface area contributed by atoms with Gasteiger partial charge in [0.1, 0.15) is 11.7 Å². The Morgan fingerprint density at radius 2 is 2.33 bits per heavy atom. The van der Waals surface area contributed by atoms with Gasteiger partial charge >= 0.3 is 0 Å². The molecule has 1 atom stereocenters. The lowest BCUT2D eigenvalue weighted by Gasteiger charge is -2.06. The van der Waals surface area contributed by atoms with Crippen LogP contribution in [0.2, 0.25) is 5.02 Å². The van der Waals surface area contributed by atoms with Crippen molar-refractivity contribution in [2.45, 2.75) is 6.92 Å². The second-order valence-corrected chi connectivity index (χ2v) is 3.38. The number of benzene rings is 1. The molecule has 0 heterocycles. The van der Waals surface area contributed by atoms with E-state index in [4.69, 9.17) is 16.9 Å². The minimum absolute atomic E-state index is 0.0718. The van der Waals surface area contributed by atoms with Gasteiger partial charge in [-0.15, -0.1) is 0 Å². The smallest absolute Gasteiger partial charge is 0.241 e. The molecule has 0 aliphatic rings. The molecule has 1 unspecified atom stereocenters. The fraction of sp³-hybridized carbons (Fsp3) is 0.200. The van der Waals surface area contributed by atoms with E-state index in [1.807, 2.05) is 0 Å². The zero-order chi connectivity index (χ0) is 11.4. The van der Waals surface area contributed by atoms with Crippen LogP contribution in [0.15, 0.2) is 18.2 Å². The van der Waals surface area contributed by atoms with Crippen LogP contribution in [0.1, 0.15) is 6.92 Å². The number of nitrogens with one attached hydrogen (secondary N) is 1. The minimum atomic E-state index is -0.756. The van der Waals surface area contributed by atoms with Crippen LogP contribution in [0.4, 0.5) is 10.1 Å². The molecular formula is C10H8ClFN2O. The van der Waals surface area contributed by atoms with Gasteiger partial charge in [-0.05, 0) is 25.1 Å². The molecule has 0 saturated heterocycles. The molecule has 1 aromatic carbocycles. The molecule has 0 radical (unpaired) electrons. The molecule has 5 heteroatoms. The van der Waals surface area contributed by atoms with E-state index in [0.29, 0.717) is 5.69 Å². The van der Waals surface area contributed by atoms with Crippen LogP contribution in [-0.4, -0.2) is 5.91 Å². The van der Waals surface area contributed by atoms with Crippen molar-refractivity contribution in [1.29, 1.82) is 5.26 Å². The summed E-state index contributed by atoms with van der Waals surface area (Å²) in [5.41, 5.74) is 0.369. The van der Waals surface area contributed by atoms with E-state index in [0.717, 1.165) is 6.07 Å². The number of carbonyl (C=O) groups excluding carboxylic acids is 1. The number of hydrogen-bond donors (Lipinski definition) is 1. The van der Waals surface area contributed by atoms with Gasteiger partial charge in [0, 0.05) is 5.69 Å². The molecule has 0 aromatic heterocycles. The number of carbonyl (C=O) groups is 1. The molecule has 15 heavy (non-hydrogen) atoms. The third-order valence-electron chi connectivity index (χ3n) is 1.77. The fourth-order valence-corrected chi connectivity index (χ4v) is 1.06. The normalized spacial score (nSPS) is 11.6. The molecule has 0 bridgehead atoms. The van der Waals surface area contributed by atoms with Crippen molar-refractivity contribution >= 4 is 23.2 Å². The van der Waals surface area contributed by atoms with Crippen LogP contribution >= 0.6 is 11.6 Å². The molecule has 1 N–H and O–H groups in total. The zero-order valence-electron chi connectivity index (χ0n) is 7.92. The first-order chi connectivity index (χ1) is 7.04. The summed E-state index contributed by atoms with van der Waals surface area (Å²) in [4.78, 5) is 11.3. The van der Waals surface area contributed by atoms with Gasteiger partial charge in [-0.3, -0.25) is 4.79 Å². The van der Waals surface area contributed by atoms with E-state index >= 15 is 0 Å². The Balaban J connectivity index is 2.78. The minimum Gasteiger partial charge on any atom is -0.325 e. The molecule has 1 amide bonds. The highest BCUT2D eigenvalue weighted by Gasteiger charge is 2.12. The molecule has 0 spiro atoms. The highest BCUT2D eigenvalue weighted by Crippen LogP contribution is 2.19. The average Bonchev–Trinajstić information content (AvgIpc) is 2.22. The molecule has 3 nitrogen and oxygen atoms in total. The average molecular weight is 227 g/mol. The van der Waals surface area contributed by atoms with Crippen molar-refractivity contribution in [3.05, 3.63) is 29.0 Å². The molecule has 0 fully saturated rings. The summed E-state index contributed by atoms with van der Waals surface area (Å²) >= 11 is 5.52. The van der Waals surface area contributed by atoms with E-state index < -0.39 is 17.6 Å². The SMILES string of the molecule is CC(C#N)C(=O)Nc1ccc(F)c(Cl)c1. The monoisotopic (exact) mass is 226 g/mol. The van der Waals surface area contributed by atoms with E-state index in [2.05, 4.69) is 5.32 Å². The Morgan fingerprint density at radius 1 is 1.67 bits per heavy atom. The zero-order valence-corrected chi connectivity index (χ0v) is 8.68. The Hall–Kier alpha value is -1.60. The van der Waals surface area contributed by atoms with Crippen LogP contribution < -0.4 is 5.32 Å². The summed E-state index contributed by atoms with van der Waals surface area (Å²) in [6.45, 7) is 1.47. The standard InChI is InChI=1S/C10H8ClFN2O/c1-6(5-13)10(15)14-7-2-3-9(12)8(11)4-7/h2-4,6H,1H3,(H,14,15). The van der Waals surface area contributed by atoms with Crippen LogP contribution in [0.25, 0.3) is 0 Å². The largest absolute Gasteiger partial charge is 0.325 e. The topological polar surface area (TPSA) is 52.9 Å². The lowest BCUT2D eigenvalue weighted by molar-refractivity contribution is -0.117. The van der Waals surface area contributed by atoms with Gasteiger partial charge < -0.3 is 5.32 Å². The predicted molar refractivity (Wildman–Crippen MR) is 54.8 cm³/mol. The number of amides is 1. The second kappa shape index (κ2) is 4.76. The van der Waals surface area contributed by atoms with Crippen LogP contribution in [0.3, 0.4) is 0 Å². The third kappa shape index (κ3) is 2.93. The van der Waals surface area contributed by atoms with Crippen LogP contribution in [0.5, 0.6) is 0 Å². The van der Waals surface area contributed by atoms with Crippen molar-refractivity contribution in [2.75, 3.05) is 5.32 Å². The van der Waals surface area contributed by atoms with Gasteiger partial charge in [0.15, 0.2) is 0 Å². The molecule has 0 saturated carbocycles. The highest BCUT2D eigenvalue weighted by molar-refractivity contribution is 6.31. The number of anilines is 1. The van der Waals surface area contributed by atoms with E-state index in [9.17, 15) is 9.18 Å². The Kier molecular flexibility index (Phi) is 3.64. The number of hydrogen-bond acceptors (Lipinski definition) is 2. The summed E-state index contributed by atoms with van der Waals surface area (Å²) in [6.07, 6.45) is 0. The first-order valence-electron chi connectivity index (χ1n) is 4.20. The molecule has 78 valence electrons. The first kappa shape index (κ1) is 11.5. The highest BCUT2D eigenvalue weighted by atomic mass is 35.5. The van der Waals surface area contributed by atoms with E-state index in [1.54, 1.807) is 6.07 Å². The number of halogens is 2. The first-order valence-corrected chi connectivity index (χ1v) is 4.58. The Morgan fingerprint density at radius 3 is 2.87 bits per heavy atom. The lowest BCUT2D eigenvalue weighted by Crippen LogP contribution is -2.18. The van der Waals surface area contributed by atoms with E-state index in [1.165, 1.54) is 19.1 Å². The van der Waals surface area contributed by atoms with Crippen molar-refractivity contribution in [1.82, 2.24) is 0 Å². The van der Waals surface area contributed by atoms with Gasteiger partial charge in [-0.25, -0.2) is 4.39 Å². The van der Waals surface area contributed by atoms with Crippen molar-refractivity contribution in [3.8, 4) is 6.07 Å². The summed E-state index contributed by atoms with van der Waals surface area (Å²) in [7, 11) is 0. The number of nitrogens with zero attached hydrogens (tertiary/aromatic N) is 1. The van der Waals surface area contributed by atoms with Crippen molar-refractivity contribution < 1.29 is 9.18 Å². The van der Waals surface area contributed by atoms with Gasteiger partial charge in [0.25, 0.3) is 0 Å². The van der Waals surface area contributed by atoms with E-state index in [-0.39, 0.29) is 5.02 Å². The Bertz CT molecular complexity index is 428. The van der Waals surface area contributed by atoms with Gasteiger partial charge in [0.2, 0.25) is 5.91 Å². The van der Waals surface area contributed by atoms with Crippen molar-refractivity contribution in [3.63, 3.8) is 0 Å². The molecular weight excluding hydrogens is 219 g/mol. The predicted octanol–water partition coefficient (Wildman–Crippen LogP) is 2.58. The molecule has 0 aliphatic heterocycles. The summed E-state index contributed by atoms with van der Waals surface area (Å²) in [5.74, 6) is -1.75. The van der Waals surface area contributed by atoms with Gasteiger partial charge in [-0.2, -0.15) is 5.26 Å². The molecule has 1 rings (SSSR count). The quantitative estimate of drug-likeness (QED) is 0.843. The lowest BCUT2D eigenvalue weighted by atomic mass is 10.2. The number of rotatable bonds is 2. The molecule has 1 aromatic rings. The summed E-state index contributed by atoms with van der Waals surface area (Å²) in [6, 6.07) is 5.61. The number of nitriles is 1.